The number of para-hydroxylation sites is 1. The van der Waals surface area contributed by atoms with Crippen LogP contribution in [0.2, 0.25) is 0 Å². The first-order valence-electron chi connectivity index (χ1n) is 5.56. The van der Waals surface area contributed by atoms with Crippen LogP contribution in [0.15, 0.2) is 24.3 Å². The molecule has 20 heavy (non-hydrogen) atoms. The summed E-state index contributed by atoms with van der Waals surface area (Å²) >= 11 is 0. The average Bonchev–Trinajstić information content (AvgIpc) is 2.38. The van der Waals surface area contributed by atoms with Crippen molar-refractivity contribution in [2.24, 2.45) is 0 Å². The molecule has 0 radical (unpaired) electrons. The number of rotatable bonds is 1. The summed E-state index contributed by atoms with van der Waals surface area (Å²) in [6.07, 6.45) is 0. The molecule has 1 aromatic carbocycles. The smallest absolute Gasteiger partial charge is 0.418 e. The second-order valence-electron chi connectivity index (χ2n) is 3.68. The zero-order valence-corrected chi connectivity index (χ0v) is 11.2. The molecule has 0 aromatic heterocycles. The van der Waals surface area contributed by atoms with Crippen molar-refractivity contribution in [3.8, 4) is 0 Å². The molecule has 0 spiro atoms. The number of anilines is 1. The number of diazo groups is 1. The Bertz CT molecular complexity index is 443. The van der Waals surface area contributed by atoms with E-state index in [1.165, 1.54) is 0 Å². The van der Waals surface area contributed by atoms with Gasteiger partial charge in [-0.3, -0.25) is 0 Å². The van der Waals surface area contributed by atoms with Gasteiger partial charge >= 0.3 is 12.9 Å². The second-order valence-corrected chi connectivity index (χ2v) is 3.68. The molecule has 0 bridgehead atoms. The predicted molar refractivity (Wildman–Crippen MR) is 71.7 cm³/mol. The first-order chi connectivity index (χ1) is 8.92. The van der Waals surface area contributed by atoms with Gasteiger partial charge in [0.25, 0.3) is 0 Å². The highest BCUT2D eigenvalue weighted by atomic mass is 35.5. The molecule has 0 unspecified atom stereocenters. The van der Waals surface area contributed by atoms with Gasteiger partial charge in [0.15, 0.2) is 4.98 Å². The zero-order valence-electron chi connectivity index (χ0n) is 10.4. The maximum absolute atomic E-state index is 9.75. The van der Waals surface area contributed by atoms with E-state index in [0.717, 1.165) is 32.0 Å². The van der Waals surface area contributed by atoms with Gasteiger partial charge < -0.3 is 26.9 Å². The van der Waals surface area contributed by atoms with Crippen LogP contribution < -0.4 is 4.90 Å². The monoisotopic (exact) mass is 313 g/mol. The number of benzene rings is 1. The summed E-state index contributed by atoms with van der Waals surface area (Å²) < 4.78 is 44.3. The molecular weight excluding hydrogens is 300 g/mol. The minimum atomic E-state index is -6.00. The number of ether oxygens (including phenoxy) is 1. The van der Waals surface area contributed by atoms with E-state index in [4.69, 9.17) is 10.1 Å². The fourth-order valence-corrected chi connectivity index (χ4v) is 1.62. The Labute approximate surface area is 119 Å². The molecule has 0 aliphatic carbocycles. The van der Waals surface area contributed by atoms with Crippen molar-refractivity contribution in [2.75, 3.05) is 31.2 Å². The summed E-state index contributed by atoms with van der Waals surface area (Å²) in [5.74, 6) is 0. The largest absolute Gasteiger partial charge is 0.673 e. The van der Waals surface area contributed by atoms with E-state index in [0.29, 0.717) is 5.69 Å². The van der Waals surface area contributed by atoms with Crippen LogP contribution >= 0.6 is 12.4 Å². The third-order valence-electron chi connectivity index (χ3n) is 2.34. The van der Waals surface area contributed by atoms with Crippen molar-refractivity contribution in [2.45, 2.75) is 0 Å². The van der Waals surface area contributed by atoms with Crippen molar-refractivity contribution in [1.29, 1.82) is 5.39 Å². The summed E-state index contributed by atoms with van der Waals surface area (Å²) in [6.45, 7) is 3.18. The van der Waals surface area contributed by atoms with Crippen LogP contribution in [0.1, 0.15) is 0 Å². The highest BCUT2D eigenvalue weighted by Crippen LogP contribution is 2.28. The lowest BCUT2D eigenvalue weighted by molar-refractivity contribution is 0.123. The van der Waals surface area contributed by atoms with Crippen molar-refractivity contribution in [1.82, 2.24) is 0 Å². The highest BCUT2D eigenvalue weighted by Gasteiger charge is 2.21. The van der Waals surface area contributed by atoms with Crippen molar-refractivity contribution in [3.63, 3.8) is 0 Å². The normalized spacial score (nSPS) is 14.4. The molecular formula is C10H13BClF4N3O. The topological polar surface area (TPSA) is 40.6 Å². The van der Waals surface area contributed by atoms with Crippen LogP contribution in [-0.2, 0) is 4.74 Å². The van der Waals surface area contributed by atoms with E-state index in [9.17, 15) is 17.3 Å². The van der Waals surface area contributed by atoms with Crippen LogP contribution in [0.4, 0.5) is 28.6 Å². The molecule has 0 atom stereocenters. The number of halogens is 5. The maximum Gasteiger partial charge on any atom is 0.673 e. The van der Waals surface area contributed by atoms with E-state index in [2.05, 4.69) is 9.88 Å². The van der Waals surface area contributed by atoms with Gasteiger partial charge in [-0.25, -0.2) is 0 Å². The molecule has 112 valence electrons. The first kappa shape index (κ1) is 18.5. The maximum atomic E-state index is 9.75. The van der Waals surface area contributed by atoms with Crippen molar-refractivity contribution >= 4 is 31.0 Å². The molecule has 1 fully saturated rings. The van der Waals surface area contributed by atoms with Gasteiger partial charge in [0, 0.05) is 19.2 Å². The standard InChI is InChI=1S/C10H12N3O.BF4.ClH/c11-12-9-3-1-2-4-10(9)13-5-7-14-8-6-13;2-1(3,4)5;/h1-4H,5-8H2;;1H/q+1;-1;. The van der Waals surface area contributed by atoms with Gasteiger partial charge in [-0.15, -0.1) is 12.4 Å². The fraction of sp³-hybridized carbons (Fsp3) is 0.400. The van der Waals surface area contributed by atoms with Crippen LogP contribution in [-0.4, -0.2) is 33.6 Å². The van der Waals surface area contributed by atoms with E-state index in [1.807, 2.05) is 18.2 Å². The third-order valence-corrected chi connectivity index (χ3v) is 2.34. The van der Waals surface area contributed by atoms with Crippen LogP contribution in [0.25, 0.3) is 4.98 Å². The Kier molecular flexibility index (Phi) is 7.95. The molecule has 1 saturated heterocycles. The number of hydrogen-bond acceptors (Lipinski definition) is 3. The summed E-state index contributed by atoms with van der Waals surface area (Å²) in [6, 6.07) is 7.56. The van der Waals surface area contributed by atoms with Crippen molar-refractivity contribution < 1.29 is 22.0 Å². The van der Waals surface area contributed by atoms with E-state index >= 15 is 0 Å². The fourth-order valence-electron chi connectivity index (χ4n) is 1.62. The Morgan fingerprint density at radius 1 is 1.10 bits per heavy atom. The van der Waals surface area contributed by atoms with E-state index in [1.54, 1.807) is 6.07 Å². The minimum Gasteiger partial charge on any atom is -0.418 e. The van der Waals surface area contributed by atoms with Gasteiger partial charge in [-0.1, -0.05) is 12.1 Å². The van der Waals surface area contributed by atoms with Crippen LogP contribution in [0.3, 0.4) is 0 Å². The lowest BCUT2D eigenvalue weighted by Crippen LogP contribution is -2.36. The van der Waals surface area contributed by atoms with Gasteiger partial charge in [0.2, 0.25) is 5.39 Å². The van der Waals surface area contributed by atoms with Gasteiger partial charge in [-0.2, -0.15) is 0 Å². The van der Waals surface area contributed by atoms with Gasteiger partial charge in [-0.05, 0) is 6.07 Å². The van der Waals surface area contributed by atoms with E-state index < -0.39 is 7.25 Å². The Morgan fingerprint density at radius 3 is 2.10 bits per heavy atom. The predicted octanol–water partition coefficient (Wildman–Crippen LogP) is 3.73. The minimum absolute atomic E-state index is 0. The molecule has 10 heteroatoms. The Morgan fingerprint density at radius 2 is 1.60 bits per heavy atom. The second kappa shape index (κ2) is 8.61. The lowest BCUT2D eigenvalue weighted by Gasteiger charge is -2.27. The molecule has 0 amide bonds. The summed E-state index contributed by atoms with van der Waals surface area (Å²) in [4.78, 5) is 5.43. The zero-order chi connectivity index (χ0) is 14.3. The molecule has 0 saturated carbocycles. The lowest BCUT2D eigenvalue weighted by atomic mass is 10.2. The molecule has 4 nitrogen and oxygen atoms in total. The molecule has 2 rings (SSSR count). The highest BCUT2D eigenvalue weighted by molar-refractivity contribution is 6.50. The molecule has 1 heterocycles. The number of nitrogens with zero attached hydrogens (tertiary/aromatic N) is 3. The van der Waals surface area contributed by atoms with E-state index in [-0.39, 0.29) is 12.4 Å². The quantitative estimate of drug-likeness (QED) is 0.450. The van der Waals surface area contributed by atoms with Crippen LogP contribution in [0, 0.1) is 5.39 Å². The van der Waals surface area contributed by atoms with Gasteiger partial charge in [0.1, 0.15) is 5.69 Å². The molecule has 1 aliphatic heterocycles. The molecule has 1 aliphatic rings. The Balaban J connectivity index is 0.000000526. The summed E-state index contributed by atoms with van der Waals surface area (Å²) in [7, 11) is -6.00. The molecule has 0 N–H and O–H groups in total. The SMILES string of the molecule is Cl.F[B-](F)(F)F.N#[N+]c1ccccc1N1CCOCC1. The summed E-state index contributed by atoms with van der Waals surface area (Å²) in [5, 5.41) is 8.82. The van der Waals surface area contributed by atoms with Crippen molar-refractivity contribution in [3.05, 3.63) is 29.2 Å². The molecule has 1 aromatic rings. The summed E-state index contributed by atoms with van der Waals surface area (Å²) in [5.41, 5.74) is 1.59. The van der Waals surface area contributed by atoms with Crippen LogP contribution in [0.5, 0.6) is 0 Å². The number of hydrogen-bond donors (Lipinski definition) is 0. The Hall–Kier alpha value is -1.53. The first-order valence-corrected chi connectivity index (χ1v) is 5.56. The third kappa shape index (κ3) is 7.16. The van der Waals surface area contributed by atoms with Gasteiger partial charge in [0.05, 0.1) is 13.2 Å². The average molecular weight is 313 g/mol. The number of morpholine rings is 1.